The average Bonchev–Trinajstić information content (AvgIpc) is 3.57. The maximum Gasteiger partial charge on any atom is 0.124 e. The maximum atomic E-state index is 6.26. The summed E-state index contributed by atoms with van der Waals surface area (Å²) in [6, 6.07) is 21.3. The van der Waals surface area contributed by atoms with Crippen molar-refractivity contribution in [3.63, 3.8) is 0 Å². The number of pyridine rings is 1. The third-order valence-corrected chi connectivity index (χ3v) is 7.50. The van der Waals surface area contributed by atoms with E-state index in [2.05, 4.69) is 64.3 Å². The lowest BCUT2D eigenvalue weighted by molar-refractivity contribution is 0.0553. The van der Waals surface area contributed by atoms with Crippen LogP contribution in [-0.4, -0.2) is 40.0 Å². The molecule has 4 heterocycles. The van der Waals surface area contributed by atoms with Crippen LogP contribution in [0.5, 0.6) is 0 Å². The molecule has 1 saturated heterocycles. The number of rotatable bonds is 6. The molecule has 1 aliphatic heterocycles. The van der Waals surface area contributed by atoms with Gasteiger partial charge in [-0.05, 0) is 49.4 Å². The first-order valence-corrected chi connectivity index (χ1v) is 12.9. The summed E-state index contributed by atoms with van der Waals surface area (Å²) >= 11 is 0. The molecule has 0 saturated carbocycles. The first-order valence-electron chi connectivity index (χ1n) is 12.9. The van der Waals surface area contributed by atoms with Crippen molar-refractivity contribution in [2.75, 3.05) is 20.3 Å². The highest BCUT2D eigenvalue weighted by Crippen LogP contribution is 2.41. The molecule has 4 N–H and O–H groups in total. The SMILES string of the molecule is C/C(N)=C(\c1cnc2c3ccc(-c4ccon4)cc3n([C@H](c3ccccc3)C3CCOCC3)c2c1)N(C)N. The fraction of sp³-hybridized carbons (Fsp3) is 0.267. The number of aromatic nitrogens is 3. The van der Waals surface area contributed by atoms with E-state index in [0.29, 0.717) is 11.6 Å². The van der Waals surface area contributed by atoms with Crippen LogP contribution in [0.15, 0.2) is 83.3 Å². The van der Waals surface area contributed by atoms with Crippen LogP contribution in [0.1, 0.15) is 36.9 Å². The van der Waals surface area contributed by atoms with E-state index >= 15 is 0 Å². The van der Waals surface area contributed by atoms with E-state index in [9.17, 15) is 0 Å². The Hall–Kier alpha value is -4.14. The summed E-state index contributed by atoms with van der Waals surface area (Å²) in [5.41, 5.74) is 14.7. The molecule has 1 atom stereocenters. The van der Waals surface area contributed by atoms with Gasteiger partial charge in [0, 0.05) is 54.7 Å². The number of fused-ring (bicyclic) bond motifs is 3. The number of benzene rings is 2. The molecule has 0 unspecified atom stereocenters. The fourth-order valence-corrected chi connectivity index (χ4v) is 5.88. The van der Waals surface area contributed by atoms with Crippen LogP contribution in [0.3, 0.4) is 0 Å². The molecule has 2 aromatic carbocycles. The Morgan fingerprint density at radius 2 is 1.84 bits per heavy atom. The lowest BCUT2D eigenvalue weighted by atomic mass is 9.86. The van der Waals surface area contributed by atoms with E-state index < -0.39 is 0 Å². The first-order chi connectivity index (χ1) is 18.5. The molecule has 1 aliphatic rings. The number of hydrogen-bond acceptors (Lipinski definition) is 7. The van der Waals surface area contributed by atoms with Gasteiger partial charge in [-0.1, -0.05) is 41.6 Å². The highest BCUT2D eigenvalue weighted by molar-refractivity contribution is 6.07. The zero-order valence-corrected chi connectivity index (χ0v) is 21.7. The molecule has 8 nitrogen and oxygen atoms in total. The first kappa shape index (κ1) is 24.2. The highest BCUT2D eigenvalue weighted by atomic mass is 16.5. The molecule has 194 valence electrons. The summed E-state index contributed by atoms with van der Waals surface area (Å²) in [6.45, 7) is 3.38. The highest BCUT2D eigenvalue weighted by Gasteiger charge is 2.30. The standard InChI is InChI=1S/C30H32N6O2/c1-19(31)29(35(2)32)23-17-27-28(33-18-23)24-9-8-22(25-12-15-38-34-25)16-26(24)36(27)30(20-6-4-3-5-7-20)21-10-13-37-14-11-21/h3-9,12,15-18,21,30H,10-11,13-14,31-32H2,1-2H3/b29-19-/t30-/m1/s1. The Balaban J connectivity index is 1.68. The van der Waals surface area contributed by atoms with Crippen LogP contribution in [0.25, 0.3) is 38.9 Å². The molecule has 3 aromatic heterocycles. The van der Waals surface area contributed by atoms with Gasteiger partial charge in [-0.2, -0.15) is 0 Å². The Morgan fingerprint density at radius 1 is 1.05 bits per heavy atom. The number of hydrazine groups is 1. The summed E-state index contributed by atoms with van der Waals surface area (Å²) < 4.78 is 13.4. The number of nitrogens with two attached hydrogens (primary N) is 2. The van der Waals surface area contributed by atoms with Crippen molar-refractivity contribution >= 4 is 27.6 Å². The Kier molecular flexibility index (Phi) is 6.35. The zero-order valence-electron chi connectivity index (χ0n) is 21.7. The van der Waals surface area contributed by atoms with E-state index in [-0.39, 0.29) is 6.04 Å². The summed E-state index contributed by atoms with van der Waals surface area (Å²) in [5, 5.41) is 6.83. The maximum absolute atomic E-state index is 6.26. The van der Waals surface area contributed by atoms with Crippen LogP contribution < -0.4 is 11.6 Å². The van der Waals surface area contributed by atoms with E-state index in [1.807, 2.05) is 19.2 Å². The van der Waals surface area contributed by atoms with Crippen LogP contribution in [0.2, 0.25) is 0 Å². The quantitative estimate of drug-likeness (QED) is 0.236. The predicted molar refractivity (Wildman–Crippen MR) is 150 cm³/mol. The van der Waals surface area contributed by atoms with Crippen molar-refractivity contribution in [2.45, 2.75) is 25.8 Å². The van der Waals surface area contributed by atoms with Crippen LogP contribution in [0, 0.1) is 5.92 Å². The minimum Gasteiger partial charge on any atom is -0.401 e. The second-order valence-electron chi connectivity index (χ2n) is 10.0. The Labute approximate surface area is 221 Å². The zero-order chi connectivity index (χ0) is 26.2. The third-order valence-electron chi connectivity index (χ3n) is 7.50. The Morgan fingerprint density at radius 3 is 2.53 bits per heavy atom. The van der Waals surface area contributed by atoms with Gasteiger partial charge in [-0.3, -0.25) is 4.98 Å². The van der Waals surface area contributed by atoms with Gasteiger partial charge in [0.1, 0.15) is 12.0 Å². The van der Waals surface area contributed by atoms with Crippen LogP contribution >= 0.6 is 0 Å². The molecule has 0 bridgehead atoms. The van der Waals surface area contributed by atoms with Crippen LogP contribution in [0.4, 0.5) is 0 Å². The van der Waals surface area contributed by atoms with Crippen LogP contribution in [-0.2, 0) is 4.74 Å². The van der Waals surface area contributed by atoms with Gasteiger partial charge < -0.3 is 24.6 Å². The molecule has 0 amide bonds. The van der Waals surface area contributed by atoms with E-state index in [1.54, 1.807) is 18.3 Å². The van der Waals surface area contributed by atoms with Gasteiger partial charge in [0.05, 0.1) is 28.3 Å². The van der Waals surface area contributed by atoms with Crippen molar-refractivity contribution in [3.05, 3.63) is 89.9 Å². The van der Waals surface area contributed by atoms with Crippen molar-refractivity contribution in [3.8, 4) is 11.3 Å². The molecular weight excluding hydrogens is 476 g/mol. The number of ether oxygens (including phenoxy) is 1. The number of allylic oxidation sites excluding steroid dienone is 1. The molecule has 38 heavy (non-hydrogen) atoms. The summed E-state index contributed by atoms with van der Waals surface area (Å²) in [4.78, 5) is 4.98. The van der Waals surface area contributed by atoms with E-state index in [1.165, 1.54) is 5.56 Å². The predicted octanol–water partition coefficient (Wildman–Crippen LogP) is 5.31. The van der Waals surface area contributed by atoms with Crippen molar-refractivity contribution < 1.29 is 9.26 Å². The molecule has 1 fully saturated rings. The Bertz CT molecular complexity index is 1590. The van der Waals surface area contributed by atoms with Crippen molar-refractivity contribution in [2.24, 2.45) is 17.5 Å². The second-order valence-corrected chi connectivity index (χ2v) is 10.0. The largest absolute Gasteiger partial charge is 0.401 e. The smallest absolute Gasteiger partial charge is 0.124 e. The van der Waals surface area contributed by atoms with Gasteiger partial charge in [0.15, 0.2) is 0 Å². The van der Waals surface area contributed by atoms with Gasteiger partial charge in [-0.15, -0.1) is 0 Å². The molecule has 5 aromatic rings. The van der Waals surface area contributed by atoms with Gasteiger partial charge in [-0.25, -0.2) is 5.84 Å². The minimum atomic E-state index is 0.0896. The molecular formula is C30H32N6O2. The van der Waals surface area contributed by atoms with Crippen molar-refractivity contribution in [1.29, 1.82) is 0 Å². The number of hydrogen-bond donors (Lipinski definition) is 2. The molecule has 0 spiro atoms. The van der Waals surface area contributed by atoms with Gasteiger partial charge in [0.2, 0.25) is 0 Å². The average molecular weight is 509 g/mol. The molecule has 6 rings (SSSR count). The normalized spacial score (nSPS) is 16.1. The monoisotopic (exact) mass is 508 g/mol. The minimum absolute atomic E-state index is 0.0896. The lowest BCUT2D eigenvalue weighted by Gasteiger charge is -2.33. The van der Waals surface area contributed by atoms with Gasteiger partial charge in [0.25, 0.3) is 0 Å². The lowest BCUT2D eigenvalue weighted by Crippen LogP contribution is -2.27. The summed E-state index contributed by atoms with van der Waals surface area (Å²) in [6.07, 6.45) is 5.42. The van der Waals surface area contributed by atoms with Gasteiger partial charge >= 0.3 is 0 Å². The van der Waals surface area contributed by atoms with E-state index in [4.69, 9.17) is 25.8 Å². The fourth-order valence-electron chi connectivity index (χ4n) is 5.88. The molecule has 0 aliphatic carbocycles. The molecule has 8 heteroatoms. The summed E-state index contributed by atoms with van der Waals surface area (Å²) in [5.74, 6) is 6.60. The van der Waals surface area contributed by atoms with E-state index in [0.717, 1.165) is 70.5 Å². The second kappa shape index (κ2) is 9.96. The third kappa shape index (κ3) is 4.21. The molecule has 0 radical (unpaired) electrons. The number of nitrogens with zero attached hydrogens (tertiary/aromatic N) is 4. The van der Waals surface area contributed by atoms with Crippen molar-refractivity contribution in [1.82, 2.24) is 19.7 Å². The topological polar surface area (TPSA) is 108 Å². The summed E-state index contributed by atoms with van der Waals surface area (Å²) in [7, 11) is 1.80.